The average molecular weight is 379 g/mol. The number of carbonyl (C=O) groups excluding carboxylic acids is 2. The molecule has 1 aliphatic carbocycles. The molecule has 2 aromatic rings. The molecule has 2 aromatic carbocycles. The fraction of sp³-hybridized carbons (Fsp3) is 0.391. The van der Waals surface area contributed by atoms with E-state index in [9.17, 15) is 14.7 Å². The number of nitrogens with zero attached hydrogens (tertiary/aromatic N) is 1. The van der Waals surface area contributed by atoms with Gasteiger partial charge in [0, 0.05) is 6.42 Å². The molecule has 1 N–H and O–H groups in total. The van der Waals surface area contributed by atoms with Gasteiger partial charge in [-0.25, -0.2) is 0 Å². The van der Waals surface area contributed by atoms with E-state index in [2.05, 4.69) is 0 Å². The molecular weight excluding hydrogens is 354 g/mol. The van der Waals surface area contributed by atoms with E-state index in [0.29, 0.717) is 23.3 Å². The Labute approximate surface area is 164 Å². The Kier molecular flexibility index (Phi) is 5.18. The number of rotatable bonds is 6. The van der Waals surface area contributed by atoms with Crippen LogP contribution < -0.4 is 4.74 Å². The molecule has 0 bridgehead atoms. The van der Waals surface area contributed by atoms with Crippen LogP contribution in [0.2, 0.25) is 0 Å². The lowest BCUT2D eigenvalue weighted by Gasteiger charge is -2.32. The van der Waals surface area contributed by atoms with Gasteiger partial charge in [-0.05, 0) is 42.7 Å². The summed E-state index contributed by atoms with van der Waals surface area (Å²) in [5, 5.41) is 10.8. The summed E-state index contributed by atoms with van der Waals surface area (Å²) in [4.78, 5) is 26.0. The molecule has 1 fully saturated rings. The van der Waals surface area contributed by atoms with Crippen molar-refractivity contribution in [1.82, 2.24) is 4.90 Å². The summed E-state index contributed by atoms with van der Waals surface area (Å²) in [5.41, 5.74) is 1.34. The summed E-state index contributed by atoms with van der Waals surface area (Å²) in [6.45, 7) is 0.444. The summed E-state index contributed by atoms with van der Waals surface area (Å²) >= 11 is 0. The van der Waals surface area contributed by atoms with E-state index >= 15 is 0 Å². The van der Waals surface area contributed by atoms with Gasteiger partial charge in [0.1, 0.15) is 12.4 Å². The first-order valence-electron chi connectivity index (χ1n) is 9.95. The molecule has 1 saturated carbocycles. The van der Waals surface area contributed by atoms with Crippen molar-refractivity contribution in [2.75, 3.05) is 13.2 Å². The van der Waals surface area contributed by atoms with Gasteiger partial charge in [-0.3, -0.25) is 14.5 Å². The van der Waals surface area contributed by atoms with Crippen LogP contribution >= 0.6 is 0 Å². The van der Waals surface area contributed by atoms with Gasteiger partial charge in [0.2, 0.25) is 0 Å². The first-order chi connectivity index (χ1) is 13.6. The molecule has 146 valence electrons. The van der Waals surface area contributed by atoms with E-state index in [0.717, 1.165) is 31.2 Å². The van der Waals surface area contributed by atoms with Gasteiger partial charge < -0.3 is 9.84 Å². The number of carbonyl (C=O) groups is 2. The zero-order chi connectivity index (χ0) is 19.6. The Bertz CT molecular complexity index is 851. The average Bonchev–Trinajstić information content (AvgIpc) is 2.94. The third-order valence-electron chi connectivity index (χ3n) is 5.68. The van der Waals surface area contributed by atoms with Gasteiger partial charge in [0.15, 0.2) is 0 Å². The normalized spacial score (nSPS) is 18.2. The van der Waals surface area contributed by atoms with Crippen molar-refractivity contribution < 1.29 is 19.4 Å². The summed E-state index contributed by atoms with van der Waals surface area (Å²) in [6, 6.07) is 14.6. The third kappa shape index (κ3) is 3.80. The maximum absolute atomic E-state index is 12.4. The Morgan fingerprint density at radius 1 is 0.929 bits per heavy atom. The molecule has 2 amide bonds. The quantitative estimate of drug-likeness (QED) is 0.779. The van der Waals surface area contributed by atoms with Crippen molar-refractivity contribution in [1.29, 1.82) is 0 Å². The second kappa shape index (κ2) is 7.76. The van der Waals surface area contributed by atoms with Crippen LogP contribution in [0.25, 0.3) is 0 Å². The van der Waals surface area contributed by atoms with E-state index in [1.165, 1.54) is 11.3 Å². The third-order valence-corrected chi connectivity index (χ3v) is 5.68. The van der Waals surface area contributed by atoms with Crippen LogP contribution in [0.5, 0.6) is 5.75 Å². The van der Waals surface area contributed by atoms with E-state index in [1.54, 1.807) is 24.3 Å². The van der Waals surface area contributed by atoms with Crippen LogP contribution in [0.15, 0.2) is 48.5 Å². The Morgan fingerprint density at radius 3 is 2.29 bits per heavy atom. The molecule has 0 saturated heterocycles. The molecule has 5 nitrogen and oxygen atoms in total. The fourth-order valence-corrected chi connectivity index (χ4v) is 4.21. The van der Waals surface area contributed by atoms with Crippen molar-refractivity contribution in [3.05, 3.63) is 65.2 Å². The molecule has 0 aromatic heterocycles. The smallest absolute Gasteiger partial charge is 0.261 e. The van der Waals surface area contributed by atoms with Crippen molar-refractivity contribution in [2.24, 2.45) is 0 Å². The predicted octanol–water partition coefficient (Wildman–Crippen LogP) is 3.60. The number of amides is 2. The molecule has 5 heteroatoms. The van der Waals surface area contributed by atoms with Crippen LogP contribution in [0.3, 0.4) is 0 Å². The van der Waals surface area contributed by atoms with Crippen molar-refractivity contribution in [3.8, 4) is 5.75 Å². The lowest BCUT2D eigenvalue weighted by Crippen LogP contribution is -2.34. The van der Waals surface area contributed by atoms with E-state index in [-0.39, 0.29) is 25.0 Å². The molecule has 28 heavy (non-hydrogen) atoms. The monoisotopic (exact) mass is 379 g/mol. The molecule has 1 aliphatic heterocycles. The minimum atomic E-state index is -0.614. The second-order valence-corrected chi connectivity index (χ2v) is 7.77. The minimum Gasteiger partial charge on any atom is -0.492 e. The zero-order valence-electron chi connectivity index (χ0n) is 15.9. The van der Waals surface area contributed by atoms with Crippen molar-refractivity contribution in [2.45, 2.75) is 44.1 Å². The first kappa shape index (κ1) is 18.7. The summed E-state index contributed by atoms with van der Waals surface area (Å²) < 4.78 is 5.80. The highest BCUT2D eigenvalue weighted by Gasteiger charge is 2.34. The van der Waals surface area contributed by atoms with Crippen LogP contribution in [-0.4, -0.2) is 40.6 Å². The molecule has 0 radical (unpaired) electrons. The highest BCUT2D eigenvalue weighted by Crippen LogP contribution is 2.32. The van der Waals surface area contributed by atoms with Crippen LogP contribution in [0.1, 0.15) is 58.4 Å². The molecule has 1 heterocycles. The highest BCUT2D eigenvalue weighted by atomic mass is 16.5. The van der Waals surface area contributed by atoms with Gasteiger partial charge in [0.25, 0.3) is 11.8 Å². The number of ether oxygens (including phenoxy) is 1. The molecule has 0 spiro atoms. The van der Waals surface area contributed by atoms with Crippen LogP contribution in [0, 0.1) is 0 Å². The number of benzene rings is 2. The SMILES string of the molecule is O=C1c2ccccc2C(=O)N1CCOc1cccc(CC2(O)CCCCC2)c1. The van der Waals surface area contributed by atoms with Gasteiger partial charge >= 0.3 is 0 Å². The Balaban J connectivity index is 1.35. The Hall–Kier alpha value is -2.66. The lowest BCUT2D eigenvalue weighted by atomic mass is 9.80. The van der Waals surface area contributed by atoms with E-state index < -0.39 is 5.60 Å². The van der Waals surface area contributed by atoms with Gasteiger partial charge in [-0.1, -0.05) is 43.5 Å². The minimum absolute atomic E-state index is 0.209. The number of aliphatic hydroxyl groups is 1. The standard InChI is InChI=1S/C23H25NO4/c25-21-19-9-2-3-10-20(19)22(26)24(21)13-14-28-18-8-6-7-17(15-18)16-23(27)11-4-1-5-12-23/h2-3,6-10,15,27H,1,4-5,11-14,16H2. The van der Waals surface area contributed by atoms with Crippen molar-refractivity contribution >= 4 is 11.8 Å². The summed E-state index contributed by atoms with van der Waals surface area (Å²) in [7, 11) is 0. The van der Waals surface area contributed by atoms with E-state index in [4.69, 9.17) is 4.74 Å². The molecular formula is C23H25NO4. The highest BCUT2D eigenvalue weighted by molar-refractivity contribution is 6.21. The number of imide groups is 1. The van der Waals surface area contributed by atoms with E-state index in [1.807, 2.05) is 24.3 Å². The zero-order valence-corrected chi connectivity index (χ0v) is 15.9. The second-order valence-electron chi connectivity index (χ2n) is 7.77. The fourth-order valence-electron chi connectivity index (χ4n) is 4.21. The molecule has 4 rings (SSSR count). The summed E-state index contributed by atoms with van der Waals surface area (Å²) in [6.07, 6.45) is 5.67. The number of hydrogen-bond acceptors (Lipinski definition) is 4. The molecule has 0 unspecified atom stereocenters. The van der Waals surface area contributed by atoms with Gasteiger partial charge in [-0.15, -0.1) is 0 Å². The van der Waals surface area contributed by atoms with Crippen molar-refractivity contribution in [3.63, 3.8) is 0 Å². The molecule has 0 atom stereocenters. The van der Waals surface area contributed by atoms with Gasteiger partial charge in [0.05, 0.1) is 23.3 Å². The Morgan fingerprint density at radius 2 is 1.61 bits per heavy atom. The van der Waals surface area contributed by atoms with Gasteiger partial charge in [-0.2, -0.15) is 0 Å². The topological polar surface area (TPSA) is 66.8 Å². The van der Waals surface area contributed by atoms with Crippen LogP contribution in [0.4, 0.5) is 0 Å². The first-order valence-corrected chi connectivity index (χ1v) is 9.95. The molecule has 2 aliphatic rings. The predicted molar refractivity (Wildman–Crippen MR) is 105 cm³/mol. The maximum Gasteiger partial charge on any atom is 0.261 e. The maximum atomic E-state index is 12.4. The number of hydrogen-bond donors (Lipinski definition) is 1. The summed E-state index contributed by atoms with van der Waals surface area (Å²) in [5.74, 6) is 0.156. The lowest BCUT2D eigenvalue weighted by molar-refractivity contribution is 0.00444. The largest absolute Gasteiger partial charge is 0.492 e. The van der Waals surface area contributed by atoms with Crippen LogP contribution in [-0.2, 0) is 6.42 Å². The number of fused-ring (bicyclic) bond motifs is 1.